The summed E-state index contributed by atoms with van der Waals surface area (Å²) in [5, 5.41) is 0. The van der Waals surface area contributed by atoms with Gasteiger partial charge >= 0.3 is 8.25 Å². The second-order valence-corrected chi connectivity index (χ2v) is 2.96. The van der Waals surface area contributed by atoms with Crippen molar-refractivity contribution in [3.63, 3.8) is 0 Å². The van der Waals surface area contributed by atoms with Crippen molar-refractivity contribution in [3.05, 3.63) is 0 Å². The Balaban J connectivity index is 3.05. The van der Waals surface area contributed by atoms with Gasteiger partial charge in [-0.2, -0.15) is 0 Å². The van der Waals surface area contributed by atoms with E-state index in [0.717, 1.165) is 12.8 Å². The molecule has 1 atom stereocenters. The van der Waals surface area contributed by atoms with Gasteiger partial charge in [-0.3, -0.25) is 4.57 Å². The lowest BCUT2D eigenvalue weighted by Gasteiger charge is -2.01. The largest absolute Gasteiger partial charge is 0.319 e. The quantitative estimate of drug-likeness (QED) is 0.448. The topological polar surface area (TPSA) is 35.5 Å². The molecule has 0 aliphatic rings. The summed E-state index contributed by atoms with van der Waals surface area (Å²) in [5.74, 6) is 0. The highest BCUT2D eigenvalue weighted by atomic mass is 31.1. The zero-order valence-corrected chi connectivity index (χ0v) is 7.55. The highest BCUT2D eigenvalue weighted by Gasteiger charge is 1.94. The van der Waals surface area contributed by atoms with Crippen LogP contribution in [0, 0.1) is 0 Å². The van der Waals surface area contributed by atoms with Crippen LogP contribution in [0.2, 0.25) is 0 Å². The molecule has 0 bridgehead atoms. The molecule has 4 heteroatoms. The Morgan fingerprint density at radius 3 is 2.50 bits per heavy atom. The van der Waals surface area contributed by atoms with Crippen LogP contribution in [0.25, 0.3) is 0 Å². The first-order valence-electron chi connectivity index (χ1n) is 3.60. The molecular weight excluding hydrogens is 151 g/mol. The maximum absolute atomic E-state index is 10.7. The number of hydrogen-bond acceptors (Lipinski definition) is 3. The molecule has 0 rings (SSSR count). The minimum absolute atomic E-state index is 0.462. The average molecular weight is 166 g/mol. The number of hydrogen-bond donors (Lipinski definition) is 0. The third-order valence-electron chi connectivity index (χ3n) is 0.980. The van der Waals surface area contributed by atoms with E-state index in [1.807, 2.05) is 0 Å². The van der Waals surface area contributed by atoms with E-state index in [0.29, 0.717) is 13.2 Å². The van der Waals surface area contributed by atoms with Gasteiger partial charge < -0.3 is 9.05 Å². The summed E-state index contributed by atoms with van der Waals surface area (Å²) >= 11 is 0. The SMILES string of the molecule is CCCCO[PH](=O)OCC. The smallest absolute Gasteiger partial charge is 0.311 e. The fourth-order valence-electron chi connectivity index (χ4n) is 0.459. The fraction of sp³-hybridized carbons (Fsp3) is 1.00. The molecule has 0 saturated heterocycles. The van der Waals surface area contributed by atoms with E-state index in [1.165, 1.54) is 0 Å². The lowest BCUT2D eigenvalue weighted by atomic mass is 10.4. The summed E-state index contributed by atoms with van der Waals surface area (Å²) in [4.78, 5) is 0. The zero-order valence-electron chi connectivity index (χ0n) is 6.55. The van der Waals surface area contributed by atoms with Crippen LogP contribution in [0.3, 0.4) is 0 Å². The van der Waals surface area contributed by atoms with Gasteiger partial charge in [0.1, 0.15) is 0 Å². The summed E-state index contributed by atoms with van der Waals surface area (Å²) in [6.07, 6.45) is 2.00. The van der Waals surface area contributed by atoms with E-state index < -0.39 is 8.25 Å². The fourth-order valence-corrected chi connectivity index (χ4v) is 1.09. The third kappa shape index (κ3) is 6.27. The van der Waals surface area contributed by atoms with Crippen molar-refractivity contribution in [2.24, 2.45) is 0 Å². The van der Waals surface area contributed by atoms with E-state index >= 15 is 0 Å². The molecule has 0 saturated carbocycles. The lowest BCUT2D eigenvalue weighted by molar-refractivity contribution is 0.231. The van der Waals surface area contributed by atoms with Crippen LogP contribution in [0.4, 0.5) is 0 Å². The Kier molecular flexibility index (Phi) is 7.37. The summed E-state index contributed by atoms with van der Waals surface area (Å²) < 4.78 is 20.2. The summed E-state index contributed by atoms with van der Waals surface area (Å²) in [6, 6.07) is 0. The molecule has 0 amide bonds. The van der Waals surface area contributed by atoms with Gasteiger partial charge in [-0.25, -0.2) is 0 Å². The van der Waals surface area contributed by atoms with E-state index in [9.17, 15) is 4.57 Å². The first-order chi connectivity index (χ1) is 4.81. The van der Waals surface area contributed by atoms with E-state index in [-0.39, 0.29) is 0 Å². The molecule has 0 aliphatic heterocycles. The van der Waals surface area contributed by atoms with Crippen molar-refractivity contribution in [3.8, 4) is 0 Å². The molecule has 0 spiro atoms. The van der Waals surface area contributed by atoms with Crippen molar-refractivity contribution in [2.45, 2.75) is 26.7 Å². The first kappa shape index (κ1) is 10.2. The maximum atomic E-state index is 10.7. The van der Waals surface area contributed by atoms with Gasteiger partial charge in [0, 0.05) is 0 Å². The van der Waals surface area contributed by atoms with E-state index in [2.05, 4.69) is 6.92 Å². The van der Waals surface area contributed by atoms with Crippen LogP contribution < -0.4 is 0 Å². The Labute approximate surface area is 62.7 Å². The molecule has 1 unspecified atom stereocenters. The molecule has 10 heavy (non-hydrogen) atoms. The van der Waals surface area contributed by atoms with Crippen molar-refractivity contribution in [1.82, 2.24) is 0 Å². The summed E-state index contributed by atoms with van der Waals surface area (Å²) in [5.41, 5.74) is 0. The van der Waals surface area contributed by atoms with Crippen LogP contribution in [0.1, 0.15) is 26.7 Å². The van der Waals surface area contributed by atoms with Gasteiger partial charge in [0.25, 0.3) is 0 Å². The molecule has 0 aromatic carbocycles. The molecule has 0 radical (unpaired) electrons. The van der Waals surface area contributed by atoms with Crippen molar-refractivity contribution < 1.29 is 13.6 Å². The molecule has 0 heterocycles. The van der Waals surface area contributed by atoms with E-state index in [1.54, 1.807) is 6.92 Å². The van der Waals surface area contributed by atoms with Gasteiger partial charge in [0.15, 0.2) is 0 Å². The van der Waals surface area contributed by atoms with Gasteiger partial charge in [0.05, 0.1) is 13.2 Å². The summed E-state index contributed by atoms with van der Waals surface area (Å²) in [7, 11) is -2.16. The van der Waals surface area contributed by atoms with Gasteiger partial charge in [-0.1, -0.05) is 13.3 Å². The Hall–Kier alpha value is 0.150. The molecule has 0 aliphatic carbocycles. The predicted octanol–water partition coefficient (Wildman–Crippen LogP) is 2.23. The monoisotopic (exact) mass is 166 g/mol. The molecule has 0 aromatic rings. The van der Waals surface area contributed by atoms with Gasteiger partial charge in [0.2, 0.25) is 0 Å². The Bertz CT molecular complexity index is 95.0. The standard InChI is InChI=1S/C6H15O3P/c1-3-5-6-9-10(7)8-4-2/h10H,3-6H2,1-2H3. The second-order valence-electron chi connectivity index (χ2n) is 1.89. The molecule has 0 aromatic heterocycles. The van der Waals surface area contributed by atoms with E-state index in [4.69, 9.17) is 9.05 Å². The normalized spacial score (nSPS) is 13.4. The minimum Gasteiger partial charge on any atom is -0.311 e. The lowest BCUT2D eigenvalue weighted by Crippen LogP contribution is -1.87. The average Bonchev–Trinajstić information content (AvgIpc) is 1.89. The van der Waals surface area contributed by atoms with Crippen molar-refractivity contribution >= 4 is 8.25 Å². The van der Waals surface area contributed by atoms with Crippen LogP contribution >= 0.6 is 8.25 Å². The number of rotatable bonds is 6. The number of unbranched alkanes of at least 4 members (excludes halogenated alkanes) is 1. The Morgan fingerprint density at radius 2 is 2.00 bits per heavy atom. The zero-order chi connectivity index (χ0) is 7.82. The maximum Gasteiger partial charge on any atom is 0.319 e. The Morgan fingerprint density at radius 1 is 1.30 bits per heavy atom. The van der Waals surface area contributed by atoms with Gasteiger partial charge in [-0.15, -0.1) is 0 Å². The predicted molar refractivity (Wildman–Crippen MR) is 41.5 cm³/mol. The molecule has 62 valence electrons. The molecule has 3 nitrogen and oxygen atoms in total. The van der Waals surface area contributed by atoms with Crippen LogP contribution in [-0.4, -0.2) is 13.2 Å². The summed E-state index contributed by atoms with van der Waals surface area (Å²) in [6.45, 7) is 4.87. The van der Waals surface area contributed by atoms with Crippen LogP contribution in [0.5, 0.6) is 0 Å². The second kappa shape index (κ2) is 7.26. The molecule has 0 N–H and O–H groups in total. The van der Waals surface area contributed by atoms with Crippen LogP contribution in [-0.2, 0) is 13.6 Å². The molecule has 0 fully saturated rings. The third-order valence-corrected chi connectivity index (χ3v) is 1.94. The highest BCUT2D eigenvalue weighted by molar-refractivity contribution is 7.33. The van der Waals surface area contributed by atoms with Crippen molar-refractivity contribution in [1.29, 1.82) is 0 Å². The molecular formula is C6H15O3P. The highest BCUT2D eigenvalue weighted by Crippen LogP contribution is 2.23. The van der Waals surface area contributed by atoms with Gasteiger partial charge in [-0.05, 0) is 13.3 Å². The van der Waals surface area contributed by atoms with Crippen LogP contribution in [0.15, 0.2) is 0 Å². The minimum atomic E-state index is -2.16. The van der Waals surface area contributed by atoms with Crippen molar-refractivity contribution in [2.75, 3.05) is 13.2 Å². The first-order valence-corrected chi connectivity index (χ1v) is 4.83.